The third kappa shape index (κ3) is 6.65. The van der Waals surface area contributed by atoms with Crippen LogP contribution in [0.4, 0.5) is 5.69 Å². The molecule has 4 nitrogen and oxygen atoms in total. The first-order chi connectivity index (χ1) is 11.2. The molecule has 0 fully saturated rings. The largest absolute Gasteiger partial charge is 0.460 e. The predicted octanol–water partition coefficient (Wildman–Crippen LogP) is 5.08. The van der Waals surface area contributed by atoms with Gasteiger partial charge in [0, 0.05) is 12.2 Å². The van der Waals surface area contributed by atoms with Crippen LogP contribution < -0.4 is 5.32 Å². The van der Waals surface area contributed by atoms with Crippen LogP contribution >= 0.6 is 0 Å². The van der Waals surface area contributed by atoms with E-state index in [9.17, 15) is 4.79 Å². The van der Waals surface area contributed by atoms with Gasteiger partial charge in [0.1, 0.15) is 6.61 Å². The summed E-state index contributed by atoms with van der Waals surface area (Å²) in [6, 6.07) is 7.42. The standard InChI is InChI=1S/C19H33NO3Si/c1-7-8-13-20-17-11-9-16(10-12-17)18(21)22-14-15-23-24(5,6)19(2,3)4/h9-12,20H,7-8,13-15H2,1-6H3. The Labute approximate surface area is 148 Å². The highest BCUT2D eigenvalue weighted by molar-refractivity contribution is 6.74. The lowest BCUT2D eigenvalue weighted by molar-refractivity contribution is 0.0441. The Morgan fingerprint density at radius 1 is 1.12 bits per heavy atom. The normalized spacial score (nSPS) is 12.1. The van der Waals surface area contributed by atoms with Gasteiger partial charge in [0.05, 0.1) is 12.2 Å². The topological polar surface area (TPSA) is 47.6 Å². The van der Waals surface area contributed by atoms with Crippen molar-refractivity contribution >= 4 is 20.0 Å². The zero-order chi connectivity index (χ0) is 18.2. The quantitative estimate of drug-likeness (QED) is 0.383. The van der Waals surface area contributed by atoms with Crippen molar-refractivity contribution in [2.24, 2.45) is 0 Å². The van der Waals surface area contributed by atoms with Crippen molar-refractivity contribution in [3.05, 3.63) is 29.8 Å². The molecule has 5 heteroatoms. The van der Waals surface area contributed by atoms with Crippen LogP contribution in [0.5, 0.6) is 0 Å². The predicted molar refractivity (Wildman–Crippen MR) is 103 cm³/mol. The number of anilines is 1. The number of unbranched alkanes of at least 4 members (excludes halogenated alkanes) is 1. The number of carbonyl (C=O) groups is 1. The molecule has 24 heavy (non-hydrogen) atoms. The SMILES string of the molecule is CCCCNc1ccc(C(=O)OCCO[Si](C)(C)C(C)(C)C)cc1. The summed E-state index contributed by atoms with van der Waals surface area (Å²) in [7, 11) is -1.78. The second-order valence-corrected chi connectivity index (χ2v) is 12.4. The first kappa shape index (κ1) is 20.7. The van der Waals surface area contributed by atoms with Gasteiger partial charge in [-0.25, -0.2) is 4.79 Å². The van der Waals surface area contributed by atoms with Crippen LogP contribution in [-0.4, -0.2) is 34.0 Å². The third-order valence-corrected chi connectivity index (χ3v) is 9.10. The van der Waals surface area contributed by atoms with E-state index in [1.807, 2.05) is 12.1 Å². The summed E-state index contributed by atoms with van der Waals surface area (Å²) in [5.41, 5.74) is 1.60. The Balaban J connectivity index is 2.38. The molecule has 0 saturated carbocycles. The van der Waals surface area contributed by atoms with Gasteiger partial charge in [-0.15, -0.1) is 0 Å². The summed E-state index contributed by atoms with van der Waals surface area (Å²) in [5, 5.41) is 3.49. The molecule has 0 spiro atoms. The van der Waals surface area contributed by atoms with E-state index >= 15 is 0 Å². The molecule has 0 unspecified atom stereocenters. The van der Waals surface area contributed by atoms with Crippen molar-refractivity contribution in [1.82, 2.24) is 0 Å². The highest BCUT2D eigenvalue weighted by atomic mass is 28.4. The molecule has 136 valence electrons. The fourth-order valence-corrected chi connectivity index (χ4v) is 2.89. The van der Waals surface area contributed by atoms with Crippen LogP contribution in [0.25, 0.3) is 0 Å². The lowest BCUT2D eigenvalue weighted by Crippen LogP contribution is -2.41. The Morgan fingerprint density at radius 3 is 2.29 bits per heavy atom. The summed E-state index contributed by atoms with van der Waals surface area (Å²) < 4.78 is 11.3. The van der Waals surface area contributed by atoms with Crippen LogP contribution in [0.1, 0.15) is 50.9 Å². The average Bonchev–Trinajstić information content (AvgIpc) is 2.51. The molecule has 1 aromatic rings. The molecule has 0 saturated heterocycles. The molecule has 0 atom stereocenters. The maximum Gasteiger partial charge on any atom is 0.338 e. The van der Waals surface area contributed by atoms with Crippen LogP contribution in [0.3, 0.4) is 0 Å². The van der Waals surface area contributed by atoms with Gasteiger partial charge in [-0.2, -0.15) is 0 Å². The molecule has 0 aliphatic rings. The minimum atomic E-state index is -1.78. The maximum absolute atomic E-state index is 12.1. The number of rotatable bonds is 9. The molecule has 0 aromatic heterocycles. The lowest BCUT2D eigenvalue weighted by atomic mass is 10.2. The van der Waals surface area contributed by atoms with E-state index in [-0.39, 0.29) is 11.0 Å². The highest BCUT2D eigenvalue weighted by Gasteiger charge is 2.36. The molecule has 0 amide bonds. The van der Waals surface area contributed by atoms with Crippen LogP contribution in [0.2, 0.25) is 18.1 Å². The van der Waals surface area contributed by atoms with Crippen molar-refractivity contribution < 1.29 is 14.0 Å². The fraction of sp³-hybridized carbons (Fsp3) is 0.632. The van der Waals surface area contributed by atoms with E-state index in [0.717, 1.165) is 25.1 Å². The number of esters is 1. The summed E-state index contributed by atoms with van der Waals surface area (Å²) in [4.78, 5) is 12.1. The zero-order valence-electron chi connectivity index (χ0n) is 16.1. The van der Waals surface area contributed by atoms with E-state index in [1.165, 1.54) is 0 Å². The Hall–Kier alpha value is -1.33. The second-order valence-electron chi connectivity index (χ2n) is 7.60. The van der Waals surface area contributed by atoms with Gasteiger partial charge < -0.3 is 14.5 Å². The number of carbonyl (C=O) groups excluding carboxylic acids is 1. The van der Waals surface area contributed by atoms with Crippen LogP contribution in [0, 0.1) is 0 Å². The smallest absolute Gasteiger partial charge is 0.338 e. The second kappa shape index (κ2) is 9.23. The van der Waals surface area contributed by atoms with E-state index in [1.54, 1.807) is 12.1 Å². The molecular formula is C19H33NO3Si. The van der Waals surface area contributed by atoms with Crippen molar-refractivity contribution in [2.75, 3.05) is 25.1 Å². The van der Waals surface area contributed by atoms with Gasteiger partial charge in [0.2, 0.25) is 0 Å². The number of benzene rings is 1. The monoisotopic (exact) mass is 351 g/mol. The van der Waals surface area contributed by atoms with Crippen molar-refractivity contribution in [3.8, 4) is 0 Å². The number of nitrogens with one attached hydrogen (secondary N) is 1. The van der Waals surface area contributed by atoms with E-state index < -0.39 is 8.32 Å². The summed E-state index contributed by atoms with van der Waals surface area (Å²) in [6.45, 7) is 14.8. The third-order valence-electron chi connectivity index (χ3n) is 4.57. The van der Waals surface area contributed by atoms with E-state index in [4.69, 9.17) is 9.16 Å². The van der Waals surface area contributed by atoms with Gasteiger partial charge >= 0.3 is 5.97 Å². The van der Waals surface area contributed by atoms with Crippen LogP contribution in [-0.2, 0) is 9.16 Å². The van der Waals surface area contributed by atoms with Crippen molar-refractivity contribution in [3.63, 3.8) is 0 Å². The molecule has 0 heterocycles. The maximum atomic E-state index is 12.1. The van der Waals surface area contributed by atoms with Crippen molar-refractivity contribution in [1.29, 1.82) is 0 Å². The van der Waals surface area contributed by atoms with E-state index in [2.05, 4.69) is 46.1 Å². The molecule has 0 aliphatic heterocycles. The van der Waals surface area contributed by atoms with Gasteiger partial charge in [-0.1, -0.05) is 34.1 Å². The van der Waals surface area contributed by atoms with Gasteiger partial charge in [-0.3, -0.25) is 0 Å². The molecule has 1 rings (SSSR count). The molecule has 0 aliphatic carbocycles. The first-order valence-electron chi connectivity index (χ1n) is 8.82. The minimum Gasteiger partial charge on any atom is -0.460 e. The molecule has 0 radical (unpaired) electrons. The Morgan fingerprint density at radius 2 is 1.75 bits per heavy atom. The number of ether oxygens (including phenoxy) is 1. The van der Waals surface area contributed by atoms with Gasteiger partial charge in [0.15, 0.2) is 8.32 Å². The highest BCUT2D eigenvalue weighted by Crippen LogP contribution is 2.36. The van der Waals surface area contributed by atoms with Crippen molar-refractivity contribution in [2.45, 2.75) is 58.7 Å². The summed E-state index contributed by atoms with van der Waals surface area (Å²) >= 11 is 0. The van der Waals surface area contributed by atoms with E-state index in [0.29, 0.717) is 18.8 Å². The minimum absolute atomic E-state index is 0.164. The molecular weight excluding hydrogens is 318 g/mol. The zero-order valence-corrected chi connectivity index (χ0v) is 17.1. The number of hydrogen-bond donors (Lipinski definition) is 1. The molecule has 0 bridgehead atoms. The fourth-order valence-electron chi connectivity index (χ4n) is 1.86. The Kier molecular flexibility index (Phi) is 7.96. The lowest BCUT2D eigenvalue weighted by Gasteiger charge is -2.36. The average molecular weight is 352 g/mol. The summed E-state index contributed by atoms with van der Waals surface area (Å²) in [6.07, 6.45) is 2.30. The molecule has 1 N–H and O–H groups in total. The number of hydrogen-bond acceptors (Lipinski definition) is 4. The molecule has 1 aromatic carbocycles. The summed E-state index contributed by atoms with van der Waals surface area (Å²) in [5.74, 6) is -0.297. The first-order valence-corrected chi connectivity index (χ1v) is 11.7. The van der Waals surface area contributed by atoms with Gasteiger partial charge in [-0.05, 0) is 48.8 Å². The Bertz CT molecular complexity index is 506. The van der Waals surface area contributed by atoms with Crippen LogP contribution in [0.15, 0.2) is 24.3 Å². The van der Waals surface area contributed by atoms with Gasteiger partial charge in [0.25, 0.3) is 0 Å².